The van der Waals surface area contributed by atoms with Crippen molar-refractivity contribution in [1.82, 2.24) is 5.32 Å². The zero-order valence-corrected chi connectivity index (χ0v) is 10.5. The number of carbonyl (C=O) groups is 2. The third-order valence-electron chi connectivity index (χ3n) is 2.21. The fourth-order valence-electron chi connectivity index (χ4n) is 1.30. The quantitative estimate of drug-likeness (QED) is 0.807. The van der Waals surface area contributed by atoms with Gasteiger partial charge in [0.05, 0.1) is 5.56 Å². The van der Waals surface area contributed by atoms with Crippen LogP contribution < -0.4 is 5.32 Å². The first-order valence-electron chi connectivity index (χ1n) is 5.12. The van der Waals surface area contributed by atoms with Crippen molar-refractivity contribution in [3.05, 3.63) is 23.7 Å². The Balaban J connectivity index is 2.60. The number of aliphatic carboxylic acids is 1. The van der Waals surface area contributed by atoms with E-state index in [9.17, 15) is 9.59 Å². The Morgan fingerprint density at radius 1 is 1.59 bits per heavy atom. The average Bonchev–Trinajstić information content (AvgIpc) is 2.70. The highest BCUT2D eigenvalue weighted by Gasteiger charge is 2.20. The average molecular weight is 257 g/mol. The molecule has 0 aromatic carbocycles. The van der Waals surface area contributed by atoms with Crippen LogP contribution in [0, 0.1) is 6.92 Å². The number of nitrogens with one attached hydrogen (secondary N) is 1. The topological polar surface area (TPSA) is 79.5 Å². The molecule has 1 aromatic heterocycles. The third kappa shape index (κ3) is 4.14. The highest BCUT2D eigenvalue weighted by atomic mass is 32.2. The lowest BCUT2D eigenvalue weighted by molar-refractivity contribution is -0.139. The summed E-state index contributed by atoms with van der Waals surface area (Å²) in [6.45, 7) is 1.72. The number of furan rings is 1. The molecule has 17 heavy (non-hydrogen) atoms. The molecule has 5 nitrogen and oxygen atoms in total. The van der Waals surface area contributed by atoms with Gasteiger partial charge in [-0.3, -0.25) is 4.79 Å². The second kappa shape index (κ2) is 6.34. The number of amides is 1. The third-order valence-corrected chi connectivity index (χ3v) is 2.85. The number of aryl methyl sites for hydroxylation is 1. The second-order valence-electron chi connectivity index (χ2n) is 3.59. The highest BCUT2D eigenvalue weighted by Crippen LogP contribution is 2.07. The van der Waals surface area contributed by atoms with Crippen LogP contribution in [0.3, 0.4) is 0 Å². The zero-order chi connectivity index (χ0) is 12.8. The maximum atomic E-state index is 11.7. The monoisotopic (exact) mass is 257 g/mol. The van der Waals surface area contributed by atoms with Gasteiger partial charge in [0.2, 0.25) is 0 Å². The SMILES string of the molecule is CSCC[C@@H](NC(=O)c1coc(C)c1)C(=O)O. The van der Waals surface area contributed by atoms with Gasteiger partial charge < -0.3 is 14.8 Å². The Morgan fingerprint density at radius 3 is 2.76 bits per heavy atom. The molecular weight excluding hydrogens is 242 g/mol. The van der Waals surface area contributed by atoms with Gasteiger partial charge in [-0.15, -0.1) is 0 Å². The van der Waals surface area contributed by atoms with E-state index in [1.807, 2.05) is 6.26 Å². The molecule has 1 rings (SSSR count). The van der Waals surface area contributed by atoms with Crippen molar-refractivity contribution in [3.8, 4) is 0 Å². The lowest BCUT2D eigenvalue weighted by Gasteiger charge is -2.12. The molecule has 0 unspecified atom stereocenters. The molecule has 0 bridgehead atoms. The lowest BCUT2D eigenvalue weighted by atomic mass is 10.2. The highest BCUT2D eigenvalue weighted by molar-refractivity contribution is 7.98. The predicted octanol–water partition coefficient (Wildman–Crippen LogP) is 1.52. The first-order chi connectivity index (χ1) is 8.04. The molecule has 94 valence electrons. The summed E-state index contributed by atoms with van der Waals surface area (Å²) in [6.07, 6.45) is 3.61. The first kappa shape index (κ1) is 13.6. The van der Waals surface area contributed by atoms with Gasteiger partial charge in [0, 0.05) is 0 Å². The van der Waals surface area contributed by atoms with Crippen LogP contribution >= 0.6 is 11.8 Å². The standard InChI is InChI=1S/C11H15NO4S/c1-7-5-8(6-16-7)10(13)12-9(11(14)15)3-4-17-2/h5-6,9H,3-4H2,1-2H3,(H,12,13)(H,14,15)/t9-/m1/s1. The fraction of sp³-hybridized carbons (Fsp3) is 0.455. The van der Waals surface area contributed by atoms with E-state index in [0.29, 0.717) is 23.5 Å². The van der Waals surface area contributed by atoms with Crippen LogP contribution in [0.15, 0.2) is 16.7 Å². The molecule has 0 saturated heterocycles. The normalized spacial score (nSPS) is 12.1. The number of hydrogen-bond donors (Lipinski definition) is 2. The maximum Gasteiger partial charge on any atom is 0.326 e. The second-order valence-corrected chi connectivity index (χ2v) is 4.58. The smallest absolute Gasteiger partial charge is 0.326 e. The van der Waals surface area contributed by atoms with Gasteiger partial charge >= 0.3 is 5.97 Å². The van der Waals surface area contributed by atoms with Crippen molar-refractivity contribution < 1.29 is 19.1 Å². The summed E-state index contributed by atoms with van der Waals surface area (Å²) in [4.78, 5) is 22.6. The molecule has 0 saturated carbocycles. The number of carboxylic acid groups (broad SMARTS) is 1. The molecule has 1 atom stereocenters. The predicted molar refractivity (Wildman–Crippen MR) is 65.3 cm³/mol. The number of rotatable bonds is 6. The molecule has 0 radical (unpaired) electrons. The summed E-state index contributed by atoms with van der Waals surface area (Å²) in [5, 5.41) is 11.4. The van der Waals surface area contributed by atoms with Crippen LogP contribution in [0.5, 0.6) is 0 Å². The van der Waals surface area contributed by atoms with Crippen molar-refractivity contribution in [2.24, 2.45) is 0 Å². The molecule has 0 spiro atoms. The fourth-order valence-corrected chi connectivity index (χ4v) is 1.77. The Bertz CT molecular complexity index is 402. The minimum absolute atomic E-state index is 0.345. The summed E-state index contributed by atoms with van der Waals surface area (Å²) >= 11 is 1.54. The molecule has 1 aromatic rings. The Kier molecular flexibility index (Phi) is 5.09. The minimum Gasteiger partial charge on any atom is -0.480 e. The van der Waals surface area contributed by atoms with Gasteiger partial charge in [0.1, 0.15) is 18.1 Å². The van der Waals surface area contributed by atoms with E-state index in [1.54, 1.807) is 24.8 Å². The number of hydrogen-bond acceptors (Lipinski definition) is 4. The van der Waals surface area contributed by atoms with Crippen molar-refractivity contribution in [2.75, 3.05) is 12.0 Å². The molecular formula is C11H15NO4S. The van der Waals surface area contributed by atoms with E-state index in [1.165, 1.54) is 6.26 Å². The van der Waals surface area contributed by atoms with Crippen LogP contribution in [0.4, 0.5) is 0 Å². The van der Waals surface area contributed by atoms with Crippen LogP contribution in [-0.2, 0) is 4.79 Å². The van der Waals surface area contributed by atoms with Gasteiger partial charge in [0.25, 0.3) is 5.91 Å². The van der Waals surface area contributed by atoms with Crippen molar-refractivity contribution >= 4 is 23.6 Å². The van der Waals surface area contributed by atoms with Gasteiger partial charge in [0.15, 0.2) is 0 Å². The van der Waals surface area contributed by atoms with E-state index in [4.69, 9.17) is 9.52 Å². The molecule has 1 heterocycles. The van der Waals surface area contributed by atoms with E-state index in [2.05, 4.69) is 5.32 Å². The summed E-state index contributed by atoms with van der Waals surface area (Å²) in [5.74, 6) is -0.143. The Hall–Kier alpha value is -1.43. The van der Waals surface area contributed by atoms with Crippen LogP contribution in [0.2, 0.25) is 0 Å². The first-order valence-corrected chi connectivity index (χ1v) is 6.51. The molecule has 1 amide bonds. The lowest BCUT2D eigenvalue weighted by Crippen LogP contribution is -2.41. The number of carbonyl (C=O) groups excluding carboxylic acids is 1. The van der Waals surface area contributed by atoms with E-state index in [0.717, 1.165) is 0 Å². The van der Waals surface area contributed by atoms with Gasteiger partial charge in [-0.2, -0.15) is 11.8 Å². The molecule has 2 N–H and O–H groups in total. The number of thioether (sulfide) groups is 1. The van der Waals surface area contributed by atoms with Crippen LogP contribution in [-0.4, -0.2) is 35.0 Å². The molecule has 0 fully saturated rings. The maximum absolute atomic E-state index is 11.7. The van der Waals surface area contributed by atoms with Crippen molar-refractivity contribution in [2.45, 2.75) is 19.4 Å². The Morgan fingerprint density at radius 2 is 2.29 bits per heavy atom. The molecule has 6 heteroatoms. The molecule has 0 aliphatic rings. The van der Waals surface area contributed by atoms with Gasteiger partial charge in [-0.1, -0.05) is 0 Å². The van der Waals surface area contributed by atoms with Crippen LogP contribution in [0.1, 0.15) is 22.5 Å². The summed E-state index contributed by atoms with van der Waals surface area (Å²) in [7, 11) is 0. The van der Waals surface area contributed by atoms with E-state index < -0.39 is 17.9 Å². The van der Waals surface area contributed by atoms with Crippen molar-refractivity contribution in [1.29, 1.82) is 0 Å². The summed E-state index contributed by atoms with van der Waals surface area (Å²) in [5.41, 5.74) is 0.345. The molecule has 0 aliphatic carbocycles. The van der Waals surface area contributed by atoms with Gasteiger partial charge in [-0.25, -0.2) is 4.79 Å². The minimum atomic E-state index is -1.02. The summed E-state index contributed by atoms with van der Waals surface area (Å²) in [6, 6.07) is 0.716. The zero-order valence-electron chi connectivity index (χ0n) is 9.73. The van der Waals surface area contributed by atoms with Crippen molar-refractivity contribution in [3.63, 3.8) is 0 Å². The van der Waals surface area contributed by atoms with E-state index in [-0.39, 0.29) is 0 Å². The number of carboxylic acids is 1. The summed E-state index contributed by atoms with van der Waals surface area (Å²) < 4.78 is 5.00. The van der Waals surface area contributed by atoms with Gasteiger partial charge in [-0.05, 0) is 31.4 Å². The molecule has 0 aliphatic heterocycles. The van der Waals surface area contributed by atoms with Crippen LogP contribution in [0.25, 0.3) is 0 Å². The Labute approximate surface area is 104 Å². The largest absolute Gasteiger partial charge is 0.480 e. The van der Waals surface area contributed by atoms with E-state index >= 15 is 0 Å².